The second-order valence-corrected chi connectivity index (χ2v) is 9.61. The Balaban J connectivity index is 1.36. The van der Waals surface area contributed by atoms with Crippen molar-refractivity contribution in [1.29, 1.82) is 0 Å². The van der Waals surface area contributed by atoms with Crippen molar-refractivity contribution in [2.75, 3.05) is 38.1 Å². The van der Waals surface area contributed by atoms with Crippen molar-refractivity contribution in [3.63, 3.8) is 0 Å². The molecule has 1 N–H and O–H groups in total. The van der Waals surface area contributed by atoms with Crippen LogP contribution in [0.2, 0.25) is 5.02 Å². The first kappa shape index (κ1) is 21.9. The third-order valence-electron chi connectivity index (χ3n) is 6.94. The molecule has 0 radical (unpaired) electrons. The van der Waals surface area contributed by atoms with Gasteiger partial charge in [0.25, 0.3) is 0 Å². The van der Waals surface area contributed by atoms with E-state index in [9.17, 15) is 0 Å². The molecular formula is C30H27ClN4. The minimum Gasteiger partial charge on any atom is -0.369 e. The van der Waals surface area contributed by atoms with E-state index < -0.39 is 0 Å². The Hall–Kier alpha value is -3.60. The van der Waals surface area contributed by atoms with E-state index in [4.69, 9.17) is 11.6 Å². The van der Waals surface area contributed by atoms with Crippen LogP contribution in [0, 0.1) is 0 Å². The Morgan fingerprint density at radius 2 is 1.57 bits per heavy atom. The number of aromatic amines is 1. The van der Waals surface area contributed by atoms with Crippen LogP contribution in [0.25, 0.3) is 45.2 Å². The lowest BCUT2D eigenvalue weighted by atomic mass is 10.0. The molecule has 1 aliphatic rings. The van der Waals surface area contributed by atoms with E-state index in [0.717, 1.165) is 58.9 Å². The van der Waals surface area contributed by atoms with E-state index in [-0.39, 0.29) is 0 Å². The molecule has 174 valence electrons. The Morgan fingerprint density at radius 1 is 0.829 bits per heavy atom. The van der Waals surface area contributed by atoms with E-state index in [1.807, 2.05) is 30.5 Å². The SMILES string of the molecule is CN1CCN(c2ccc(-c3ccc4[nH]c5nccc(C=Cc6ccccc6Cl)c5c4c3)cc2)CC1. The van der Waals surface area contributed by atoms with Gasteiger partial charge in [-0.3, -0.25) is 0 Å². The molecule has 35 heavy (non-hydrogen) atoms. The smallest absolute Gasteiger partial charge is 0.138 e. The molecule has 6 rings (SSSR count). The maximum Gasteiger partial charge on any atom is 0.138 e. The number of likely N-dealkylation sites (N-methyl/N-ethyl adjacent to an activating group) is 1. The summed E-state index contributed by atoms with van der Waals surface area (Å²) in [4.78, 5) is 12.9. The maximum atomic E-state index is 6.36. The predicted octanol–water partition coefficient (Wildman–Crippen LogP) is 6.96. The number of nitrogens with zero attached hydrogens (tertiary/aromatic N) is 3. The predicted molar refractivity (Wildman–Crippen MR) is 149 cm³/mol. The molecule has 3 aromatic carbocycles. The van der Waals surface area contributed by atoms with Gasteiger partial charge in [0.15, 0.2) is 0 Å². The molecule has 1 fully saturated rings. The van der Waals surface area contributed by atoms with E-state index in [0.29, 0.717) is 0 Å². The molecule has 2 aromatic heterocycles. The summed E-state index contributed by atoms with van der Waals surface area (Å²) in [7, 11) is 2.19. The molecule has 0 amide bonds. The van der Waals surface area contributed by atoms with Crippen molar-refractivity contribution >= 4 is 51.4 Å². The molecule has 5 heteroatoms. The summed E-state index contributed by atoms with van der Waals surface area (Å²) in [6.45, 7) is 4.38. The Morgan fingerprint density at radius 3 is 2.37 bits per heavy atom. The van der Waals surface area contributed by atoms with Crippen LogP contribution in [0.15, 0.2) is 79.0 Å². The van der Waals surface area contributed by atoms with Crippen LogP contribution < -0.4 is 4.90 Å². The van der Waals surface area contributed by atoms with Crippen molar-refractivity contribution in [3.8, 4) is 11.1 Å². The molecule has 1 aliphatic heterocycles. The average molecular weight is 479 g/mol. The highest BCUT2D eigenvalue weighted by Crippen LogP contribution is 2.33. The summed E-state index contributed by atoms with van der Waals surface area (Å²) in [6.07, 6.45) is 6.04. The van der Waals surface area contributed by atoms with Gasteiger partial charge in [0.1, 0.15) is 5.65 Å². The van der Waals surface area contributed by atoms with E-state index in [1.54, 1.807) is 0 Å². The van der Waals surface area contributed by atoms with Crippen LogP contribution in [0.3, 0.4) is 0 Å². The van der Waals surface area contributed by atoms with Crippen LogP contribution in [-0.2, 0) is 0 Å². The fraction of sp³-hybridized carbons (Fsp3) is 0.167. The summed E-state index contributed by atoms with van der Waals surface area (Å²) in [6, 6.07) is 25.5. The zero-order chi connectivity index (χ0) is 23.8. The van der Waals surface area contributed by atoms with Gasteiger partial charge in [0.05, 0.1) is 0 Å². The first-order valence-electron chi connectivity index (χ1n) is 12.0. The second kappa shape index (κ2) is 9.21. The number of pyridine rings is 1. The van der Waals surface area contributed by atoms with Gasteiger partial charge in [-0.2, -0.15) is 0 Å². The largest absolute Gasteiger partial charge is 0.369 e. The number of nitrogens with one attached hydrogen (secondary N) is 1. The zero-order valence-corrected chi connectivity index (χ0v) is 20.5. The molecule has 3 heterocycles. The second-order valence-electron chi connectivity index (χ2n) is 9.20. The number of hydrogen-bond donors (Lipinski definition) is 1. The number of H-pyrrole nitrogens is 1. The van der Waals surface area contributed by atoms with Crippen molar-refractivity contribution in [2.45, 2.75) is 0 Å². The summed E-state index contributed by atoms with van der Waals surface area (Å²) >= 11 is 6.36. The van der Waals surface area contributed by atoms with E-state index in [1.165, 1.54) is 22.2 Å². The molecule has 0 unspecified atom stereocenters. The molecule has 0 spiro atoms. The molecule has 0 saturated carbocycles. The molecule has 0 aliphatic carbocycles. The highest BCUT2D eigenvalue weighted by molar-refractivity contribution is 6.32. The molecule has 0 bridgehead atoms. The number of fused-ring (bicyclic) bond motifs is 3. The number of hydrogen-bond acceptors (Lipinski definition) is 3. The Bertz CT molecular complexity index is 1530. The number of benzene rings is 3. The van der Waals surface area contributed by atoms with Crippen LogP contribution in [0.5, 0.6) is 0 Å². The van der Waals surface area contributed by atoms with Gasteiger partial charge in [-0.25, -0.2) is 4.98 Å². The summed E-state index contributed by atoms with van der Waals surface area (Å²) in [5, 5.41) is 3.05. The van der Waals surface area contributed by atoms with Gasteiger partial charge in [-0.05, 0) is 65.7 Å². The van der Waals surface area contributed by atoms with Crippen LogP contribution in [-0.4, -0.2) is 48.1 Å². The fourth-order valence-electron chi connectivity index (χ4n) is 4.88. The van der Waals surface area contributed by atoms with Gasteiger partial charge < -0.3 is 14.8 Å². The number of aromatic nitrogens is 2. The van der Waals surface area contributed by atoms with Crippen molar-refractivity contribution < 1.29 is 0 Å². The Labute approximate surface area is 210 Å². The van der Waals surface area contributed by atoms with Gasteiger partial charge >= 0.3 is 0 Å². The minimum atomic E-state index is 0.746. The van der Waals surface area contributed by atoms with Crippen LogP contribution in [0.1, 0.15) is 11.1 Å². The van der Waals surface area contributed by atoms with Crippen molar-refractivity contribution in [1.82, 2.24) is 14.9 Å². The Kier molecular flexibility index (Phi) is 5.77. The van der Waals surface area contributed by atoms with Gasteiger partial charge in [-0.15, -0.1) is 0 Å². The summed E-state index contributed by atoms with van der Waals surface area (Å²) in [5.74, 6) is 0. The highest BCUT2D eigenvalue weighted by Gasteiger charge is 2.15. The number of piperazine rings is 1. The fourth-order valence-corrected chi connectivity index (χ4v) is 5.08. The third-order valence-corrected chi connectivity index (χ3v) is 7.29. The topological polar surface area (TPSA) is 35.2 Å². The van der Waals surface area contributed by atoms with Crippen molar-refractivity contribution in [3.05, 3.63) is 95.1 Å². The molecule has 0 atom stereocenters. The molecule has 5 aromatic rings. The molecule has 1 saturated heterocycles. The standard InChI is InChI=1S/C30H27ClN4/c1-34-16-18-35(19-17-34)25-11-8-21(9-12-25)24-10-13-28-26(20-24)29-23(14-15-32-30(29)33-28)7-6-22-4-2-3-5-27(22)31/h2-15,20H,16-19H2,1H3,(H,32,33). The van der Waals surface area contributed by atoms with E-state index >= 15 is 0 Å². The third kappa shape index (κ3) is 4.31. The van der Waals surface area contributed by atoms with Crippen molar-refractivity contribution in [2.24, 2.45) is 0 Å². The quantitative estimate of drug-likeness (QED) is 0.303. The van der Waals surface area contributed by atoms with Crippen LogP contribution in [0.4, 0.5) is 5.69 Å². The summed E-state index contributed by atoms with van der Waals surface area (Å²) in [5.41, 5.74) is 7.81. The first-order valence-corrected chi connectivity index (χ1v) is 12.4. The number of anilines is 1. The van der Waals surface area contributed by atoms with Crippen LogP contribution >= 0.6 is 11.6 Å². The lowest BCUT2D eigenvalue weighted by Crippen LogP contribution is -2.44. The monoisotopic (exact) mass is 478 g/mol. The maximum absolute atomic E-state index is 6.36. The summed E-state index contributed by atoms with van der Waals surface area (Å²) < 4.78 is 0. The molecule has 4 nitrogen and oxygen atoms in total. The van der Waals surface area contributed by atoms with E-state index in [2.05, 4.69) is 87.5 Å². The first-order chi connectivity index (χ1) is 17.2. The number of halogens is 1. The van der Waals surface area contributed by atoms with Gasteiger partial charge in [0.2, 0.25) is 0 Å². The number of rotatable bonds is 4. The lowest BCUT2D eigenvalue weighted by molar-refractivity contribution is 0.313. The average Bonchev–Trinajstić information content (AvgIpc) is 3.27. The van der Waals surface area contributed by atoms with Gasteiger partial charge in [0, 0.05) is 59.4 Å². The zero-order valence-electron chi connectivity index (χ0n) is 19.7. The normalized spacial score (nSPS) is 15.0. The molecular weight excluding hydrogens is 452 g/mol. The van der Waals surface area contributed by atoms with Gasteiger partial charge in [-0.1, -0.05) is 60.2 Å². The lowest BCUT2D eigenvalue weighted by Gasteiger charge is -2.34. The highest BCUT2D eigenvalue weighted by atomic mass is 35.5. The minimum absolute atomic E-state index is 0.746.